The second kappa shape index (κ2) is 6.13. The fraction of sp³-hybridized carbons (Fsp3) is 1.00. The van der Waals surface area contributed by atoms with E-state index >= 15 is 0 Å². The van der Waals surface area contributed by atoms with Crippen LogP contribution < -0.4 is 0 Å². The lowest BCUT2D eigenvalue weighted by Crippen LogP contribution is -2.38. The zero-order valence-electron chi connectivity index (χ0n) is 10.1. The average Bonchev–Trinajstić information content (AvgIpc) is 2.17. The number of piperidine rings is 1. The van der Waals surface area contributed by atoms with E-state index in [4.69, 9.17) is 3.79 Å². The number of rotatable bonds is 4. The standard InChI is InChI=1S/C9H18NO.2CH3.Al/c1-3-10-6-4-9(5-7-10)8(2)11;;;/h8-9H,3-7H2,1-2H3;2*1H3;/q-1;;;+1. The number of hydrogen-bond acceptors (Lipinski definition) is 2. The fourth-order valence-electron chi connectivity index (χ4n) is 2.28. The van der Waals surface area contributed by atoms with E-state index in [1.54, 1.807) is 0 Å². The van der Waals surface area contributed by atoms with Crippen molar-refractivity contribution in [1.82, 2.24) is 4.90 Å². The molecule has 14 heavy (non-hydrogen) atoms. The molecule has 0 amide bonds. The smallest absolute Gasteiger partial charge is 0.454 e. The fourth-order valence-corrected chi connectivity index (χ4v) is 3.36. The predicted molar refractivity (Wildman–Crippen MR) is 62.9 cm³/mol. The van der Waals surface area contributed by atoms with Crippen molar-refractivity contribution in [2.24, 2.45) is 5.92 Å². The SMILES string of the molecule is CCN1CCC(C(C)[O][Al]([CH3])[CH3])CC1. The van der Waals surface area contributed by atoms with Crippen LogP contribution in [-0.2, 0) is 3.79 Å². The maximum atomic E-state index is 5.98. The summed E-state index contributed by atoms with van der Waals surface area (Å²) < 4.78 is 5.98. The van der Waals surface area contributed by atoms with Crippen LogP contribution in [0.4, 0.5) is 0 Å². The van der Waals surface area contributed by atoms with Crippen molar-refractivity contribution in [3.63, 3.8) is 0 Å². The Labute approximate surface area is 93.3 Å². The first-order chi connectivity index (χ1) is 6.63. The van der Waals surface area contributed by atoms with E-state index in [0.717, 1.165) is 5.92 Å². The van der Waals surface area contributed by atoms with Crippen molar-refractivity contribution in [2.75, 3.05) is 19.6 Å². The highest BCUT2D eigenvalue weighted by molar-refractivity contribution is 6.48. The van der Waals surface area contributed by atoms with Crippen LogP contribution in [0.2, 0.25) is 11.6 Å². The highest BCUT2D eigenvalue weighted by atomic mass is 27.2. The first-order valence-corrected chi connectivity index (χ1v) is 8.79. The molecule has 1 atom stereocenters. The molecule has 0 aromatic carbocycles. The Hall–Kier alpha value is 0.452. The molecule has 1 rings (SSSR count). The van der Waals surface area contributed by atoms with Gasteiger partial charge in [-0.3, -0.25) is 0 Å². The molecule has 1 saturated heterocycles. The first kappa shape index (κ1) is 12.5. The molecule has 0 radical (unpaired) electrons. The minimum absolute atomic E-state index is 0.501. The second-order valence-electron chi connectivity index (χ2n) is 4.66. The van der Waals surface area contributed by atoms with Crippen molar-refractivity contribution < 1.29 is 3.79 Å². The molecule has 82 valence electrons. The Morgan fingerprint density at radius 2 is 1.93 bits per heavy atom. The molecular weight excluding hydrogens is 189 g/mol. The van der Waals surface area contributed by atoms with E-state index in [1.165, 1.54) is 32.5 Å². The van der Waals surface area contributed by atoms with Crippen LogP contribution >= 0.6 is 0 Å². The van der Waals surface area contributed by atoms with Crippen LogP contribution in [0.1, 0.15) is 26.7 Å². The molecule has 1 aliphatic heterocycles. The van der Waals surface area contributed by atoms with Gasteiger partial charge in [-0.25, -0.2) is 0 Å². The van der Waals surface area contributed by atoms with Crippen LogP contribution in [0.25, 0.3) is 0 Å². The molecule has 1 unspecified atom stereocenters. The Morgan fingerprint density at radius 3 is 2.36 bits per heavy atom. The molecule has 0 bridgehead atoms. The molecular formula is C11H24AlNO. The highest BCUT2D eigenvalue weighted by Crippen LogP contribution is 2.22. The molecule has 1 fully saturated rings. The topological polar surface area (TPSA) is 12.5 Å². The largest absolute Gasteiger partial charge is 0.498 e. The van der Waals surface area contributed by atoms with Crippen molar-refractivity contribution >= 4 is 14.5 Å². The Kier molecular flexibility index (Phi) is 5.48. The van der Waals surface area contributed by atoms with E-state index < -0.39 is 14.5 Å². The van der Waals surface area contributed by atoms with Crippen LogP contribution in [0.15, 0.2) is 0 Å². The lowest BCUT2D eigenvalue weighted by atomic mass is 9.92. The van der Waals surface area contributed by atoms with Crippen molar-refractivity contribution in [1.29, 1.82) is 0 Å². The number of nitrogens with zero attached hydrogens (tertiary/aromatic N) is 1. The Balaban J connectivity index is 2.26. The summed E-state index contributed by atoms with van der Waals surface area (Å²) in [4.78, 5) is 2.54. The predicted octanol–water partition coefficient (Wildman–Crippen LogP) is 2.37. The van der Waals surface area contributed by atoms with E-state index in [0.29, 0.717) is 6.10 Å². The average molecular weight is 213 g/mol. The molecule has 0 aromatic rings. The molecule has 0 N–H and O–H groups in total. The monoisotopic (exact) mass is 213 g/mol. The minimum atomic E-state index is -0.836. The summed E-state index contributed by atoms with van der Waals surface area (Å²) in [6.45, 7) is 8.27. The van der Waals surface area contributed by atoms with E-state index in [2.05, 4.69) is 30.3 Å². The third-order valence-electron chi connectivity index (χ3n) is 3.23. The second-order valence-corrected chi connectivity index (χ2v) is 7.03. The van der Waals surface area contributed by atoms with Crippen LogP contribution in [-0.4, -0.2) is 45.1 Å². The quantitative estimate of drug-likeness (QED) is 0.665. The van der Waals surface area contributed by atoms with Gasteiger partial charge < -0.3 is 8.69 Å². The highest BCUT2D eigenvalue weighted by Gasteiger charge is 2.24. The van der Waals surface area contributed by atoms with E-state index in [-0.39, 0.29) is 0 Å². The lowest BCUT2D eigenvalue weighted by Gasteiger charge is -2.35. The van der Waals surface area contributed by atoms with Gasteiger partial charge >= 0.3 is 14.5 Å². The molecule has 2 nitrogen and oxygen atoms in total. The zero-order valence-corrected chi connectivity index (χ0v) is 11.3. The van der Waals surface area contributed by atoms with Crippen molar-refractivity contribution in [3.8, 4) is 0 Å². The van der Waals surface area contributed by atoms with Gasteiger partial charge in [-0.1, -0.05) is 18.5 Å². The number of likely N-dealkylation sites (tertiary alicyclic amines) is 1. The van der Waals surface area contributed by atoms with E-state index in [9.17, 15) is 0 Å². The van der Waals surface area contributed by atoms with Gasteiger partial charge in [0, 0.05) is 6.10 Å². The molecule has 0 aromatic heterocycles. The lowest BCUT2D eigenvalue weighted by molar-refractivity contribution is 0.0903. The summed E-state index contributed by atoms with van der Waals surface area (Å²) in [5.74, 6) is 5.34. The van der Waals surface area contributed by atoms with Crippen LogP contribution in [0.3, 0.4) is 0 Å². The third kappa shape index (κ3) is 3.90. The Morgan fingerprint density at radius 1 is 1.36 bits per heavy atom. The van der Waals surface area contributed by atoms with Crippen LogP contribution in [0.5, 0.6) is 0 Å². The van der Waals surface area contributed by atoms with Crippen molar-refractivity contribution in [2.45, 2.75) is 44.4 Å². The maximum Gasteiger partial charge on any atom is 0.454 e. The molecule has 0 saturated carbocycles. The zero-order chi connectivity index (χ0) is 10.6. The van der Waals surface area contributed by atoms with Crippen LogP contribution in [0, 0.1) is 5.92 Å². The van der Waals surface area contributed by atoms with Gasteiger partial charge in [0.2, 0.25) is 0 Å². The minimum Gasteiger partial charge on any atom is -0.498 e. The summed E-state index contributed by atoms with van der Waals surface area (Å²) in [7, 11) is 0. The van der Waals surface area contributed by atoms with Gasteiger partial charge in [-0.15, -0.1) is 0 Å². The summed E-state index contributed by atoms with van der Waals surface area (Å²) in [6, 6.07) is 0. The molecule has 1 aliphatic rings. The maximum absolute atomic E-state index is 5.98. The normalized spacial score (nSPS) is 22.3. The summed E-state index contributed by atoms with van der Waals surface area (Å²) >= 11 is -0.836. The van der Waals surface area contributed by atoms with Gasteiger partial charge in [0.15, 0.2) is 0 Å². The van der Waals surface area contributed by atoms with Gasteiger partial charge in [0.1, 0.15) is 0 Å². The van der Waals surface area contributed by atoms with Crippen molar-refractivity contribution in [3.05, 3.63) is 0 Å². The number of hydrogen-bond donors (Lipinski definition) is 0. The summed E-state index contributed by atoms with van der Waals surface area (Å²) in [5.41, 5.74) is 0. The summed E-state index contributed by atoms with van der Waals surface area (Å²) in [6.07, 6.45) is 3.16. The molecule has 3 heteroatoms. The molecule has 1 heterocycles. The molecule has 0 spiro atoms. The Bertz CT molecular complexity index is 155. The van der Waals surface area contributed by atoms with Gasteiger partial charge in [-0.05, 0) is 45.3 Å². The van der Waals surface area contributed by atoms with E-state index in [1.807, 2.05) is 0 Å². The van der Waals surface area contributed by atoms with Gasteiger partial charge in [-0.2, -0.15) is 0 Å². The summed E-state index contributed by atoms with van der Waals surface area (Å²) in [5, 5.41) is 0. The van der Waals surface area contributed by atoms with Gasteiger partial charge in [0.05, 0.1) is 0 Å². The molecule has 0 aliphatic carbocycles. The third-order valence-corrected chi connectivity index (χ3v) is 4.20. The first-order valence-electron chi connectivity index (χ1n) is 6.01. The van der Waals surface area contributed by atoms with Gasteiger partial charge in [0.25, 0.3) is 0 Å².